The van der Waals surface area contributed by atoms with E-state index in [-0.39, 0.29) is 22.3 Å². The van der Waals surface area contributed by atoms with Crippen LogP contribution in [0.4, 0.5) is 0 Å². The van der Waals surface area contributed by atoms with Gasteiger partial charge in [0, 0.05) is 0 Å². The van der Waals surface area contributed by atoms with Gasteiger partial charge in [0.2, 0.25) is 0 Å². The van der Waals surface area contributed by atoms with Crippen LogP contribution in [0.2, 0.25) is 0 Å². The van der Waals surface area contributed by atoms with E-state index in [4.69, 9.17) is 18.9 Å². The highest BCUT2D eigenvalue weighted by Gasteiger charge is 2.16. The standard InChI is InChI=1S/C22H22O8/c1-27-19(23)15-7-13(8-16(11-15)20(24)28-2)5-6-14-9-17(21(25)29-3)12-18(10-14)22(26)30-4/h7-12H,5-6H2,1-4H3. The van der Waals surface area contributed by atoms with Crippen LogP contribution in [-0.4, -0.2) is 52.3 Å². The summed E-state index contributed by atoms with van der Waals surface area (Å²) in [4.78, 5) is 47.7. The van der Waals surface area contributed by atoms with Crippen molar-refractivity contribution in [3.63, 3.8) is 0 Å². The van der Waals surface area contributed by atoms with Crippen molar-refractivity contribution in [1.29, 1.82) is 0 Å². The van der Waals surface area contributed by atoms with Crippen LogP contribution >= 0.6 is 0 Å². The highest BCUT2D eigenvalue weighted by atomic mass is 16.5. The summed E-state index contributed by atoms with van der Waals surface area (Å²) in [6.45, 7) is 0. The van der Waals surface area contributed by atoms with Gasteiger partial charge >= 0.3 is 23.9 Å². The van der Waals surface area contributed by atoms with Crippen molar-refractivity contribution in [2.75, 3.05) is 28.4 Å². The molecule has 0 spiro atoms. The largest absolute Gasteiger partial charge is 0.465 e. The molecule has 2 aromatic carbocycles. The summed E-state index contributed by atoms with van der Waals surface area (Å²) in [7, 11) is 5.00. The van der Waals surface area contributed by atoms with Crippen molar-refractivity contribution >= 4 is 23.9 Å². The van der Waals surface area contributed by atoms with Crippen LogP contribution in [0.15, 0.2) is 36.4 Å². The van der Waals surface area contributed by atoms with Crippen LogP contribution in [-0.2, 0) is 31.8 Å². The van der Waals surface area contributed by atoms with E-state index < -0.39 is 23.9 Å². The summed E-state index contributed by atoms with van der Waals surface area (Å²) in [5.74, 6) is -2.32. The van der Waals surface area contributed by atoms with Crippen molar-refractivity contribution in [3.05, 3.63) is 69.8 Å². The Bertz CT molecular complexity index is 829. The van der Waals surface area contributed by atoms with Crippen molar-refractivity contribution in [2.24, 2.45) is 0 Å². The molecule has 0 radical (unpaired) electrons. The normalized spacial score (nSPS) is 10.1. The number of rotatable bonds is 7. The smallest absolute Gasteiger partial charge is 0.337 e. The number of carbonyl (C=O) groups excluding carboxylic acids is 4. The minimum absolute atomic E-state index is 0.217. The monoisotopic (exact) mass is 414 g/mol. The van der Waals surface area contributed by atoms with E-state index in [2.05, 4.69) is 0 Å². The molecular weight excluding hydrogens is 392 g/mol. The fourth-order valence-corrected chi connectivity index (χ4v) is 2.90. The predicted molar refractivity (Wildman–Crippen MR) is 106 cm³/mol. The summed E-state index contributed by atoms with van der Waals surface area (Å²) < 4.78 is 18.9. The topological polar surface area (TPSA) is 105 Å². The van der Waals surface area contributed by atoms with Crippen LogP contribution in [0.1, 0.15) is 52.6 Å². The quantitative estimate of drug-likeness (QED) is 0.503. The van der Waals surface area contributed by atoms with Crippen molar-refractivity contribution in [2.45, 2.75) is 12.8 Å². The molecular formula is C22H22O8. The van der Waals surface area contributed by atoms with Crippen molar-refractivity contribution in [1.82, 2.24) is 0 Å². The highest BCUT2D eigenvalue weighted by Crippen LogP contribution is 2.18. The average molecular weight is 414 g/mol. The second-order valence-electron chi connectivity index (χ2n) is 6.30. The number of aryl methyl sites for hydroxylation is 2. The lowest BCUT2D eigenvalue weighted by molar-refractivity contribution is 0.0581. The zero-order valence-electron chi connectivity index (χ0n) is 17.1. The predicted octanol–water partition coefficient (Wildman–Crippen LogP) is 2.62. The Balaban J connectivity index is 2.37. The summed E-state index contributed by atoms with van der Waals surface area (Å²) in [5.41, 5.74) is 2.23. The Morgan fingerprint density at radius 2 is 0.733 bits per heavy atom. The number of benzene rings is 2. The first kappa shape index (κ1) is 22.6. The van der Waals surface area contributed by atoms with Gasteiger partial charge in [0.15, 0.2) is 0 Å². The first-order valence-electron chi connectivity index (χ1n) is 8.94. The van der Waals surface area contributed by atoms with Gasteiger partial charge in [0.05, 0.1) is 50.7 Å². The molecule has 0 N–H and O–H groups in total. The van der Waals surface area contributed by atoms with E-state index in [1.54, 1.807) is 24.3 Å². The Morgan fingerprint density at radius 3 is 0.933 bits per heavy atom. The fraction of sp³-hybridized carbons (Fsp3) is 0.273. The summed E-state index contributed by atoms with van der Waals surface area (Å²) >= 11 is 0. The van der Waals surface area contributed by atoms with E-state index >= 15 is 0 Å². The number of esters is 4. The molecule has 0 aliphatic carbocycles. The molecule has 0 atom stereocenters. The maximum absolute atomic E-state index is 11.9. The molecule has 8 nitrogen and oxygen atoms in total. The second kappa shape index (κ2) is 10.2. The molecule has 0 heterocycles. The Labute approximate surface area is 173 Å². The maximum Gasteiger partial charge on any atom is 0.337 e. The van der Waals surface area contributed by atoms with Crippen LogP contribution in [0, 0.1) is 0 Å². The number of hydrogen-bond donors (Lipinski definition) is 0. The third kappa shape index (κ3) is 5.44. The van der Waals surface area contributed by atoms with E-state index in [0.29, 0.717) is 24.0 Å². The van der Waals surface area contributed by atoms with Gasteiger partial charge < -0.3 is 18.9 Å². The maximum atomic E-state index is 11.9. The van der Waals surface area contributed by atoms with Gasteiger partial charge in [0.25, 0.3) is 0 Å². The van der Waals surface area contributed by atoms with Gasteiger partial charge in [-0.1, -0.05) is 0 Å². The lowest BCUT2D eigenvalue weighted by Gasteiger charge is -2.10. The molecule has 158 valence electrons. The first-order valence-corrected chi connectivity index (χ1v) is 8.94. The molecule has 0 saturated carbocycles. The third-order valence-corrected chi connectivity index (χ3v) is 4.37. The molecule has 0 aliphatic rings. The minimum Gasteiger partial charge on any atom is -0.465 e. The molecule has 0 saturated heterocycles. The van der Waals surface area contributed by atoms with E-state index in [1.165, 1.54) is 40.6 Å². The van der Waals surface area contributed by atoms with Crippen molar-refractivity contribution in [3.8, 4) is 0 Å². The summed E-state index contributed by atoms with van der Waals surface area (Å²) in [5, 5.41) is 0. The van der Waals surface area contributed by atoms with Crippen LogP contribution in [0.3, 0.4) is 0 Å². The first-order chi connectivity index (χ1) is 14.3. The second-order valence-corrected chi connectivity index (χ2v) is 6.30. The highest BCUT2D eigenvalue weighted by molar-refractivity contribution is 5.96. The molecule has 30 heavy (non-hydrogen) atoms. The Kier molecular flexibility index (Phi) is 7.69. The minimum atomic E-state index is -0.581. The van der Waals surface area contributed by atoms with E-state index in [9.17, 15) is 19.2 Å². The van der Waals surface area contributed by atoms with Gasteiger partial charge in [-0.15, -0.1) is 0 Å². The van der Waals surface area contributed by atoms with Crippen LogP contribution < -0.4 is 0 Å². The van der Waals surface area contributed by atoms with Gasteiger partial charge in [-0.25, -0.2) is 19.2 Å². The van der Waals surface area contributed by atoms with Crippen LogP contribution in [0.5, 0.6) is 0 Å². The molecule has 0 unspecified atom stereocenters. The molecule has 0 aliphatic heterocycles. The number of ether oxygens (including phenoxy) is 4. The van der Waals surface area contributed by atoms with Gasteiger partial charge in [-0.3, -0.25) is 0 Å². The van der Waals surface area contributed by atoms with Crippen molar-refractivity contribution < 1.29 is 38.1 Å². The van der Waals surface area contributed by atoms with Crippen LogP contribution in [0.25, 0.3) is 0 Å². The molecule has 2 aromatic rings. The molecule has 2 rings (SSSR count). The fourth-order valence-electron chi connectivity index (χ4n) is 2.90. The lowest BCUT2D eigenvalue weighted by Crippen LogP contribution is -2.09. The van der Waals surface area contributed by atoms with Gasteiger partial charge in [-0.05, 0) is 60.4 Å². The summed E-state index contributed by atoms with van der Waals surface area (Å²) in [6.07, 6.45) is 0.833. The van der Waals surface area contributed by atoms with Gasteiger partial charge in [0.1, 0.15) is 0 Å². The Morgan fingerprint density at radius 1 is 0.500 bits per heavy atom. The average Bonchev–Trinajstić information content (AvgIpc) is 2.79. The zero-order chi connectivity index (χ0) is 22.3. The third-order valence-electron chi connectivity index (χ3n) is 4.37. The number of hydrogen-bond acceptors (Lipinski definition) is 8. The lowest BCUT2D eigenvalue weighted by atomic mass is 9.97. The number of carbonyl (C=O) groups is 4. The molecule has 0 amide bonds. The zero-order valence-corrected chi connectivity index (χ0v) is 17.1. The molecule has 0 aromatic heterocycles. The summed E-state index contributed by atoms with van der Waals surface area (Å²) in [6, 6.07) is 9.25. The van der Waals surface area contributed by atoms with Gasteiger partial charge in [-0.2, -0.15) is 0 Å². The number of methoxy groups -OCH3 is 4. The molecule has 0 fully saturated rings. The molecule has 0 bridgehead atoms. The van der Waals surface area contributed by atoms with E-state index in [1.807, 2.05) is 0 Å². The SMILES string of the molecule is COC(=O)c1cc(CCc2cc(C(=O)OC)cc(C(=O)OC)c2)cc(C(=O)OC)c1. The molecule has 8 heteroatoms. The van der Waals surface area contributed by atoms with E-state index in [0.717, 1.165) is 0 Å². The Hall–Kier alpha value is -3.68.